The molecule has 0 amide bonds. The maximum Gasteiger partial charge on any atom is 0.326 e. The molecule has 73 valence electrons. The van der Waals surface area contributed by atoms with E-state index in [0.717, 1.165) is 12.9 Å². The van der Waals surface area contributed by atoms with Crippen LogP contribution >= 0.6 is 0 Å². The molecule has 2 rings (SSSR count). The minimum atomic E-state index is 0.840. The lowest BCUT2D eigenvalue weighted by atomic mass is 9.85. The Kier molecular flexibility index (Phi) is 2.88. The molecule has 0 spiro atoms. The molecule has 1 nitrogen and oxygen atoms in total. The van der Waals surface area contributed by atoms with Crippen LogP contribution in [0.15, 0.2) is 48.5 Å². The third kappa shape index (κ3) is 2.11. The Balaban J connectivity index is 2.46. The third-order valence-corrected chi connectivity index (χ3v) is 2.48. The minimum absolute atomic E-state index is 0.840. The fourth-order valence-corrected chi connectivity index (χ4v) is 1.71. The first-order valence-electron chi connectivity index (χ1n) is 4.95. The van der Waals surface area contributed by atoms with E-state index in [1.807, 2.05) is 36.4 Å². The molecule has 0 unspecified atom stereocenters. The van der Waals surface area contributed by atoms with Crippen LogP contribution in [0.1, 0.15) is 5.56 Å². The molecule has 15 heavy (non-hydrogen) atoms. The zero-order chi connectivity index (χ0) is 10.7. The van der Waals surface area contributed by atoms with Gasteiger partial charge in [0.15, 0.2) is 0 Å². The molecular weight excluding hydrogens is 183 g/mol. The predicted octanol–water partition coefficient (Wildman–Crippen LogP) is 1.90. The largest absolute Gasteiger partial charge is 0.450 e. The molecule has 0 atom stereocenters. The summed E-state index contributed by atoms with van der Waals surface area (Å²) in [5.41, 5.74) is 4.43. The van der Waals surface area contributed by atoms with Gasteiger partial charge in [0.05, 0.1) is 0 Å². The minimum Gasteiger partial charge on any atom is -0.450 e. The summed E-state index contributed by atoms with van der Waals surface area (Å²) in [6, 6.07) is 16.2. The van der Waals surface area contributed by atoms with Crippen LogP contribution in [0.5, 0.6) is 0 Å². The Morgan fingerprint density at radius 3 is 2.33 bits per heavy atom. The average Bonchev–Trinajstić information content (AvgIpc) is 2.30. The number of aryl methyl sites for hydroxylation is 1. The summed E-state index contributed by atoms with van der Waals surface area (Å²) in [4.78, 5) is 0. The second-order valence-corrected chi connectivity index (χ2v) is 3.57. The standard InChI is InChI=1S/C13H12BO/c1-10-9-12(14-15)7-8-13(10)11-5-3-2-4-6-11/h2-9,15H,1H3. The van der Waals surface area contributed by atoms with Crippen molar-refractivity contribution < 1.29 is 5.02 Å². The fourth-order valence-electron chi connectivity index (χ4n) is 1.71. The monoisotopic (exact) mass is 195 g/mol. The molecule has 1 radical (unpaired) electrons. The van der Waals surface area contributed by atoms with Gasteiger partial charge in [0.25, 0.3) is 0 Å². The van der Waals surface area contributed by atoms with Crippen molar-refractivity contribution in [1.29, 1.82) is 0 Å². The summed E-state index contributed by atoms with van der Waals surface area (Å²) in [7, 11) is 1.13. The highest BCUT2D eigenvalue weighted by atomic mass is 16.2. The van der Waals surface area contributed by atoms with E-state index in [9.17, 15) is 0 Å². The SMILES string of the molecule is Cc1cc([B]O)ccc1-c1ccccc1. The van der Waals surface area contributed by atoms with Crippen LogP contribution in [-0.2, 0) is 0 Å². The van der Waals surface area contributed by atoms with E-state index in [-0.39, 0.29) is 0 Å². The van der Waals surface area contributed by atoms with Gasteiger partial charge in [0.1, 0.15) is 0 Å². The van der Waals surface area contributed by atoms with E-state index in [2.05, 4.69) is 19.1 Å². The zero-order valence-corrected chi connectivity index (χ0v) is 8.64. The molecule has 1 N–H and O–H groups in total. The summed E-state index contributed by atoms with van der Waals surface area (Å²) in [5.74, 6) is 0. The topological polar surface area (TPSA) is 20.2 Å². The highest BCUT2D eigenvalue weighted by Crippen LogP contribution is 2.21. The number of hydrogen-bond acceptors (Lipinski definition) is 1. The van der Waals surface area contributed by atoms with Gasteiger partial charge < -0.3 is 5.02 Å². The van der Waals surface area contributed by atoms with Crippen molar-refractivity contribution in [3.63, 3.8) is 0 Å². The summed E-state index contributed by atoms with van der Waals surface area (Å²) < 4.78 is 0. The summed E-state index contributed by atoms with van der Waals surface area (Å²) in [6.45, 7) is 2.05. The number of hydrogen-bond donors (Lipinski definition) is 1. The van der Waals surface area contributed by atoms with E-state index < -0.39 is 0 Å². The average molecular weight is 195 g/mol. The molecule has 0 saturated heterocycles. The first-order chi connectivity index (χ1) is 7.31. The lowest BCUT2D eigenvalue weighted by Gasteiger charge is -2.07. The summed E-state index contributed by atoms with van der Waals surface area (Å²) >= 11 is 0. The van der Waals surface area contributed by atoms with Gasteiger partial charge in [-0.15, -0.1) is 0 Å². The van der Waals surface area contributed by atoms with Crippen LogP contribution in [0.25, 0.3) is 11.1 Å². The molecular formula is C13H12BO. The Morgan fingerprint density at radius 2 is 1.73 bits per heavy atom. The fraction of sp³-hybridized carbons (Fsp3) is 0.0769. The van der Waals surface area contributed by atoms with Gasteiger partial charge in [0, 0.05) is 0 Å². The van der Waals surface area contributed by atoms with Crippen LogP contribution in [0, 0.1) is 6.92 Å². The van der Waals surface area contributed by atoms with Gasteiger partial charge >= 0.3 is 7.48 Å². The maximum atomic E-state index is 8.90. The van der Waals surface area contributed by atoms with Gasteiger partial charge in [-0.2, -0.15) is 0 Å². The van der Waals surface area contributed by atoms with Crippen molar-refractivity contribution in [2.24, 2.45) is 0 Å². The van der Waals surface area contributed by atoms with Crippen molar-refractivity contribution in [1.82, 2.24) is 0 Å². The summed E-state index contributed by atoms with van der Waals surface area (Å²) in [5, 5.41) is 8.90. The first kappa shape index (κ1) is 10.00. The van der Waals surface area contributed by atoms with Crippen molar-refractivity contribution >= 4 is 12.9 Å². The smallest absolute Gasteiger partial charge is 0.326 e. The second kappa shape index (κ2) is 4.32. The van der Waals surface area contributed by atoms with Crippen LogP contribution in [-0.4, -0.2) is 12.5 Å². The molecule has 0 heterocycles. The highest BCUT2D eigenvalue weighted by molar-refractivity contribution is 6.45. The molecule has 0 saturated carbocycles. The van der Waals surface area contributed by atoms with Gasteiger partial charge in [-0.1, -0.05) is 54.0 Å². The maximum absolute atomic E-state index is 8.90. The summed E-state index contributed by atoms with van der Waals surface area (Å²) in [6.07, 6.45) is 0. The molecule has 2 heteroatoms. The molecule has 0 aliphatic heterocycles. The molecule has 0 aliphatic rings. The van der Waals surface area contributed by atoms with E-state index in [1.165, 1.54) is 16.7 Å². The third-order valence-electron chi connectivity index (χ3n) is 2.48. The lowest BCUT2D eigenvalue weighted by molar-refractivity contribution is 0.615. The molecule has 2 aromatic carbocycles. The lowest BCUT2D eigenvalue weighted by Crippen LogP contribution is -2.13. The number of rotatable bonds is 2. The van der Waals surface area contributed by atoms with Crippen LogP contribution in [0.2, 0.25) is 0 Å². The van der Waals surface area contributed by atoms with E-state index in [4.69, 9.17) is 5.02 Å². The predicted molar refractivity (Wildman–Crippen MR) is 64.2 cm³/mol. The normalized spacial score (nSPS) is 10.0. The molecule has 0 aromatic heterocycles. The molecule has 2 aromatic rings. The second-order valence-electron chi connectivity index (χ2n) is 3.57. The molecule has 0 aliphatic carbocycles. The van der Waals surface area contributed by atoms with Crippen molar-refractivity contribution in [3.05, 3.63) is 54.1 Å². The first-order valence-corrected chi connectivity index (χ1v) is 4.95. The van der Waals surface area contributed by atoms with Crippen molar-refractivity contribution in [2.45, 2.75) is 6.92 Å². The van der Waals surface area contributed by atoms with Gasteiger partial charge in [0.2, 0.25) is 0 Å². The zero-order valence-electron chi connectivity index (χ0n) is 8.64. The molecule has 0 bridgehead atoms. The van der Waals surface area contributed by atoms with Gasteiger partial charge in [-0.25, -0.2) is 0 Å². The van der Waals surface area contributed by atoms with Crippen molar-refractivity contribution in [2.75, 3.05) is 0 Å². The van der Waals surface area contributed by atoms with Gasteiger partial charge in [-0.3, -0.25) is 0 Å². The van der Waals surface area contributed by atoms with Crippen LogP contribution < -0.4 is 5.46 Å². The van der Waals surface area contributed by atoms with Crippen molar-refractivity contribution in [3.8, 4) is 11.1 Å². The quantitative estimate of drug-likeness (QED) is 0.725. The van der Waals surface area contributed by atoms with E-state index in [1.54, 1.807) is 0 Å². The Bertz CT molecular complexity index is 451. The van der Waals surface area contributed by atoms with Crippen LogP contribution in [0.3, 0.4) is 0 Å². The van der Waals surface area contributed by atoms with Crippen LogP contribution in [0.4, 0.5) is 0 Å². The Hall–Kier alpha value is -1.54. The Labute approximate surface area is 90.7 Å². The van der Waals surface area contributed by atoms with E-state index in [0.29, 0.717) is 0 Å². The highest BCUT2D eigenvalue weighted by Gasteiger charge is 2.02. The number of benzene rings is 2. The van der Waals surface area contributed by atoms with E-state index >= 15 is 0 Å². The molecule has 0 fully saturated rings. The van der Waals surface area contributed by atoms with Gasteiger partial charge in [-0.05, 0) is 23.6 Å². The Morgan fingerprint density at radius 1 is 1.00 bits per heavy atom.